The van der Waals surface area contributed by atoms with Gasteiger partial charge < -0.3 is 4.98 Å². The van der Waals surface area contributed by atoms with Gasteiger partial charge in [0, 0.05) is 4.47 Å². The second-order valence-electron chi connectivity index (χ2n) is 4.56. The summed E-state index contributed by atoms with van der Waals surface area (Å²) in [5.74, 6) is 0. The van der Waals surface area contributed by atoms with Crippen molar-refractivity contribution in [2.24, 2.45) is 0 Å². The predicted octanol–water partition coefficient (Wildman–Crippen LogP) is 4.63. The smallest absolute Gasteiger partial charge is 0.182 e. The lowest BCUT2D eigenvalue weighted by atomic mass is 10.1. The van der Waals surface area contributed by atoms with E-state index in [2.05, 4.69) is 33.0 Å². The van der Waals surface area contributed by atoms with Gasteiger partial charge in [-0.3, -0.25) is 4.57 Å². The van der Waals surface area contributed by atoms with Gasteiger partial charge in [-0.2, -0.15) is 5.26 Å². The highest BCUT2D eigenvalue weighted by Crippen LogP contribution is 2.25. The van der Waals surface area contributed by atoms with Gasteiger partial charge in [0.1, 0.15) is 6.07 Å². The van der Waals surface area contributed by atoms with E-state index in [0.717, 1.165) is 26.8 Å². The summed E-state index contributed by atoms with van der Waals surface area (Å²) in [6, 6.07) is 13.9. The number of imidazole rings is 1. The molecule has 0 aliphatic heterocycles. The monoisotopic (exact) mass is 343 g/mol. The molecule has 0 aliphatic carbocycles. The van der Waals surface area contributed by atoms with Crippen LogP contribution in [0.2, 0.25) is 0 Å². The second-order valence-corrected chi connectivity index (χ2v) is 5.86. The highest BCUT2D eigenvalue weighted by molar-refractivity contribution is 9.10. The number of hydrogen-bond donors (Lipinski definition) is 1. The number of rotatable bonds is 1. The maximum atomic E-state index is 9.33. The van der Waals surface area contributed by atoms with Gasteiger partial charge in [-0.15, -0.1) is 0 Å². The molecule has 0 unspecified atom stereocenters. The average molecular weight is 344 g/mol. The van der Waals surface area contributed by atoms with Crippen LogP contribution in [0.15, 0.2) is 40.9 Å². The fourth-order valence-corrected chi connectivity index (χ4v) is 2.91. The fraction of sp³-hybridized carbons (Fsp3) is 0.0667. The Morgan fingerprint density at radius 2 is 2.05 bits per heavy atom. The van der Waals surface area contributed by atoms with E-state index < -0.39 is 0 Å². The normalized spacial score (nSPS) is 10.7. The largest absolute Gasteiger partial charge is 0.330 e. The summed E-state index contributed by atoms with van der Waals surface area (Å²) in [6.07, 6.45) is 0. The van der Waals surface area contributed by atoms with Gasteiger partial charge in [-0.1, -0.05) is 22.0 Å². The van der Waals surface area contributed by atoms with Crippen LogP contribution in [0, 0.1) is 23.0 Å². The number of halogens is 1. The number of nitriles is 1. The van der Waals surface area contributed by atoms with Crippen LogP contribution < -0.4 is 0 Å². The van der Waals surface area contributed by atoms with Crippen molar-refractivity contribution in [1.82, 2.24) is 9.55 Å². The Labute approximate surface area is 129 Å². The Morgan fingerprint density at radius 3 is 2.80 bits per heavy atom. The molecule has 0 amide bonds. The second kappa shape index (κ2) is 4.89. The van der Waals surface area contributed by atoms with Crippen molar-refractivity contribution in [3.05, 3.63) is 56.8 Å². The summed E-state index contributed by atoms with van der Waals surface area (Å²) in [6.45, 7) is 2.03. The molecule has 0 aliphatic rings. The van der Waals surface area contributed by atoms with Crippen LogP contribution in [-0.4, -0.2) is 9.55 Å². The fourth-order valence-electron chi connectivity index (χ4n) is 2.24. The number of aromatic amines is 1. The van der Waals surface area contributed by atoms with Gasteiger partial charge in [0.25, 0.3) is 0 Å². The summed E-state index contributed by atoms with van der Waals surface area (Å²) < 4.78 is 3.37. The summed E-state index contributed by atoms with van der Waals surface area (Å²) in [5.41, 5.74) is 4.47. The molecule has 0 radical (unpaired) electrons. The molecule has 0 fully saturated rings. The molecule has 1 aromatic heterocycles. The third-order valence-electron chi connectivity index (χ3n) is 3.16. The highest BCUT2D eigenvalue weighted by Gasteiger charge is 2.11. The minimum atomic E-state index is 0.581. The quantitative estimate of drug-likeness (QED) is 0.654. The van der Waals surface area contributed by atoms with Gasteiger partial charge in [0.15, 0.2) is 4.77 Å². The molecular weight excluding hydrogens is 334 g/mol. The number of nitrogens with one attached hydrogen (secondary N) is 1. The zero-order chi connectivity index (χ0) is 14.3. The van der Waals surface area contributed by atoms with E-state index in [-0.39, 0.29) is 0 Å². The number of aromatic nitrogens is 2. The molecule has 2 aromatic carbocycles. The van der Waals surface area contributed by atoms with Crippen LogP contribution in [0.3, 0.4) is 0 Å². The Balaban J connectivity index is 2.41. The van der Waals surface area contributed by atoms with Gasteiger partial charge in [0.2, 0.25) is 0 Å². The molecule has 5 heteroatoms. The first-order valence-electron chi connectivity index (χ1n) is 6.01. The average Bonchev–Trinajstić information content (AvgIpc) is 2.74. The van der Waals surface area contributed by atoms with Crippen molar-refractivity contribution >= 4 is 39.2 Å². The lowest BCUT2D eigenvalue weighted by Gasteiger charge is -2.07. The van der Waals surface area contributed by atoms with Crippen LogP contribution in [-0.2, 0) is 0 Å². The molecule has 3 aromatic rings. The van der Waals surface area contributed by atoms with Gasteiger partial charge in [-0.05, 0) is 55.0 Å². The zero-order valence-corrected chi connectivity index (χ0v) is 13.0. The van der Waals surface area contributed by atoms with E-state index in [4.69, 9.17) is 12.2 Å². The van der Waals surface area contributed by atoms with Gasteiger partial charge >= 0.3 is 0 Å². The molecule has 0 saturated carbocycles. The maximum absolute atomic E-state index is 9.33. The Morgan fingerprint density at radius 1 is 1.25 bits per heavy atom. The maximum Gasteiger partial charge on any atom is 0.182 e. The topological polar surface area (TPSA) is 44.5 Å². The standard InChI is InChI=1S/C15H10BrN3S/c1-9-2-4-12-14(6-9)19(15(20)18-12)13-5-3-11(16)7-10(13)8-17/h2-7H,1H3,(H,18,20). The third kappa shape index (κ3) is 2.07. The van der Waals surface area contributed by atoms with Crippen LogP contribution in [0.25, 0.3) is 16.7 Å². The highest BCUT2D eigenvalue weighted by atomic mass is 79.9. The van der Waals surface area contributed by atoms with Crippen molar-refractivity contribution in [3.8, 4) is 11.8 Å². The number of H-pyrrole nitrogens is 1. The summed E-state index contributed by atoms with van der Waals surface area (Å²) in [5, 5.41) is 9.33. The number of hydrogen-bond acceptors (Lipinski definition) is 2. The van der Waals surface area contributed by atoms with E-state index in [1.807, 2.05) is 35.8 Å². The Hall–Kier alpha value is -1.90. The van der Waals surface area contributed by atoms with Gasteiger partial charge in [0.05, 0.1) is 22.3 Å². The first kappa shape index (κ1) is 13.1. The first-order valence-corrected chi connectivity index (χ1v) is 7.21. The van der Waals surface area contributed by atoms with Crippen molar-refractivity contribution in [1.29, 1.82) is 5.26 Å². The molecule has 1 heterocycles. The number of aryl methyl sites for hydroxylation is 1. The Bertz CT molecular complexity index is 915. The molecule has 98 valence electrons. The van der Waals surface area contributed by atoms with E-state index in [1.165, 1.54) is 0 Å². The lowest BCUT2D eigenvalue weighted by molar-refractivity contribution is 1.06. The molecule has 0 bridgehead atoms. The molecule has 0 spiro atoms. The molecule has 0 atom stereocenters. The lowest BCUT2D eigenvalue weighted by Crippen LogP contribution is -1.97. The minimum absolute atomic E-state index is 0.581. The first-order chi connectivity index (χ1) is 9.60. The van der Waals surface area contributed by atoms with E-state index >= 15 is 0 Å². The van der Waals surface area contributed by atoms with Crippen molar-refractivity contribution in [2.45, 2.75) is 6.92 Å². The minimum Gasteiger partial charge on any atom is -0.330 e. The van der Waals surface area contributed by atoms with E-state index in [0.29, 0.717) is 10.3 Å². The SMILES string of the molecule is Cc1ccc2[nH]c(=S)n(-c3ccc(Br)cc3C#N)c2c1. The van der Waals surface area contributed by atoms with Gasteiger partial charge in [-0.25, -0.2) is 0 Å². The molecular formula is C15H10BrN3S. The molecule has 20 heavy (non-hydrogen) atoms. The molecule has 0 saturated heterocycles. The Kier molecular flexibility index (Phi) is 3.20. The zero-order valence-electron chi connectivity index (χ0n) is 10.6. The van der Waals surface area contributed by atoms with Crippen LogP contribution >= 0.6 is 28.1 Å². The molecule has 3 rings (SSSR count). The molecule has 1 N–H and O–H groups in total. The summed E-state index contributed by atoms with van der Waals surface area (Å²) in [7, 11) is 0. The summed E-state index contributed by atoms with van der Waals surface area (Å²) in [4.78, 5) is 3.18. The van der Waals surface area contributed by atoms with Crippen LogP contribution in [0.1, 0.15) is 11.1 Å². The van der Waals surface area contributed by atoms with E-state index in [1.54, 1.807) is 6.07 Å². The van der Waals surface area contributed by atoms with Crippen molar-refractivity contribution < 1.29 is 0 Å². The number of fused-ring (bicyclic) bond motifs is 1. The third-order valence-corrected chi connectivity index (χ3v) is 3.94. The van der Waals surface area contributed by atoms with E-state index in [9.17, 15) is 5.26 Å². The van der Waals surface area contributed by atoms with Crippen molar-refractivity contribution in [3.63, 3.8) is 0 Å². The van der Waals surface area contributed by atoms with Crippen molar-refractivity contribution in [2.75, 3.05) is 0 Å². The van der Waals surface area contributed by atoms with Crippen LogP contribution in [0.5, 0.6) is 0 Å². The number of benzene rings is 2. The summed E-state index contributed by atoms with van der Waals surface area (Å²) >= 11 is 8.79. The van der Waals surface area contributed by atoms with Crippen LogP contribution in [0.4, 0.5) is 0 Å². The number of nitrogens with zero attached hydrogens (tertiary/aromatic N) is 2. The molecule has 3 nitrogen and oxygen atoms in total. The predicted molar refractivity (Wildman–Crippen MR) is 85.6 cm³/mol.